The van der Waals surface area contributed by atoms with E-state index in [4.69, 9.17) is 5.11 Å². The molecule has 0 saturated carbocycles. The predicted molar refractivity (Wildman–Crippen MR) is 52.4 cm³/mol. The van der Waals surface area contributed by atoms with Crippen molar-refractivity contribution in [1.29, 1.82) is 0 Å². The first-order valence-corrected chi connectivity index (χ1v) is 4.66. The van der Waals surface area contributed by atoms with Crippen LogP contribution in [0.3, 0.4) is 0 Å². The highest BCUT2D eigenvalue weighted by Crippen LogP contribution is 1.99. The van der Waals surface area contributed by atoms with Gasteiger partial charge in [0, 0.05) is 26.1 Å². The largest absolute Gasteiger partial charge is 0.395 e. The van der Waals surface area contributed by atoms with E-state index in [2.05, 4.69) is 10.6 Å². The third-order valence-electron chi connectivity index (χ3n) is 2.04. The number of aliphatic hydroxyl groups excluding tert-OH is 1. The Balaban J connectivity index is 3.55. The Morgan fingerprint density at radius 1 is 1.46 bits per heavy atom. The molecule has 0 saturated heterocycles. The van der Waals surface area contributed by atoms with Crippen LogP contribution in [0.25, 0.3) is 0 Å². The molecule has 4 heteroatoms. The van der Waals surface area contributed by atoms with Crippen LogP contribution in [0.15, 0.2) is 0 Å². The van der Waals surface area contributed by atoms with Crippen LogP contribution in [-0.2, 0) is 4.79 Å². The molecule has 0 aromatic heterocycles. The summed E-state index contributed by atoms with van der Waals surface area (Å²) in [7, 11) is 1.62. The van der Waals surface area contributed by atoms with Crippen molar-refractivity contribution in [1.82, 2.24) is 10.6 Å². The van der Waals surface area contributed by atoms with E-state index in [-0.39, 0.29) is 18.6 Å². The normalized spacial score (nSPS) is 13.0. The molecule has 0 radical (unpaired) electrons. The van der Waals surface area contributed by atoms with Gasteiger partial charge in [0.15, 0.2) is 0 Å². The van der Waals surface area contributed by atoms with Crippen LogP contribution >= 0.6 is 0 Å². The second kappa shape index (κ2) is 6.86. The zero-order valence-corrected chi connectivity index (χ0v) is 8.63. The Bertz CT molecular complexity index is 149. The third kappa shape index (κ3) is 5.60. The van der Waals surface area contributed by atoms with Crippen molar-refractivity contribution in [3.05, 3.63) is 0 Å². The predicted octanol–water partition coefficient (Wildman–Crippen LogP) is -0.271. The summed E-state index contributed by atoms with van der Waals surface area (Å²) in [6, 6.07) is 0.0876. The first kappa shape index (κ1) is 12.4. The fourth-order valence-electron chi connectivity index (χ4n) is 1.01. The molecule has 0 aromatic rings. The van der Waals surface area contributed by atoms with Gasteiger partial charge in [-0.05, 0) is 5.92 Å². The van der Waals surface area contributed by atoms with E-state index < -0.39 is 0 Å². The number of carbonyl (C=O) groups excluding carboxylic acids is 1. The van der Waals surface area contributed by atoms with Crippen molar-refractivity contribution >= 4 is 5.91 Å². The minimum Gasteiger partial charge on any atom is -0.395 e. The number of nitrogens with one attached hydrogen (secondary N) is 2. The molecule has 0 aromatic carbocycles. The lowest BCUT2D eigenvalue weighted by atomic mass is 10.1. The molecule has 78 valence electrons. The standard InChI is InChI=1S/C9H20N2O2/c1-7(2)8(6-12)11-5-4-9(13)10-3/h7-8,11-12H,4-6H2,1-3H3,(H,10,13). The molecule has 0 spiro atoms. The molecule has 1 amide bonds. The second-order valence-corrected chi connectivity index (χ2v) is 3.41. The molecule has 0 heterocycles. The first-order chi connectivity index (χ1) is 6.11. The smallest absolute Gasteiger partial charge is 0.221 e. The molecule has 4 nitrogen and oxygen atoms in total. The molecule has 0 rings (SSSR count). The SMILES string of the molecule is CNC(=O)CCNC(CO)C(C)C. The van der Waals surface area contributed by atoms with Gasteiger partial charge in [0.2, 0.25) is 5.91 Å². The summed E-state index contributed by atoms with van der Waals surface area (Å²) in [5, 5.41) is 14.6. The summed E-state index contributed by atoms with van der Waals surface area (Å²) in [6.45, 7) is 4.80. The van der Waals surface area contributed by atoms with E-state index in [0.29, 0.717) is 18.9 Å². The van der Waals surface area contributed by atoms with E-state index in [1.165, 1.54) is 0 Å². The Hall–Kier alpha value is -0.610. The topological polar surface area (TPSA) is 61.4 Å². The highest BCUT2D eigenvalue weighted by atomic mass is 16.3. The van der Waals surface area contributed by atoms with E-state index >= 15 is 0 Å². The molecule has 0 aliphatic rings. The highest BCUT2D eigenvalue weighted by molar-refractivity contribution is 5.75. The third-order valence-corrected chi connectivity index (χ3v) is 2.04. The zero-order valence-electron chi connectivity index (χ0n) is 8.63. The summed E-state index contributed by atoms with van der Waals surface area (Å²) < 4.78 is 0. The molecule has 1 unspecified atom stereocenters. The minimum atomic E-state index is 0.0212. The maximum Gasteiger partial charge on any atom is 0.221 e. The van der Waals surface area contributed by atoms with Crippen LogP contribution in [0.1, 0.15) is 20.3 Å². The molecule has 13 heavy (non-hydrogen) atoms. The minimum absolute atomic E-state index is 0.0212. The maximum atomic E-state index is 10.8. The fraction of sp³-hybridized carbons (Fsp3) is 0.889. The van der Waals surface area contributed by atoms with E-state index in [9.17, 15) is 4.79 Å². The lowest BCUT2D eigenvalue weighted by Gasteiger charge is -2.19. The highest BCUT2D eigenvalue weighted by Gasteiger charge is 2.10. The van der Waals surface area contributed by atoms with Crippen molar-refractivity contribution in [2.45, 2.75) is 26.3 Å². The van der Waals surface area contributed by atoms with Gasteiger partial charge in [0.25, 0.3) is 0 Å². The molecule has 1 atom stereocenters. The molecular weight excluding hydrogens is 168 g/mol. The van der Waals surface area contributed by atoms with Gasteiger partial charge in [-0.15, -0.1) is 0 Å². The lowest BCUT2D eigenvalue weighted by Crippen LogP contribution is -2.39. The second-order valence-electron chi connectivity index (χ2n) is 3.41. The lowest BCUT2D eigenvalue weighted by molar-refractivity contribution is -0.120. The summed E-state index contributed by atoms with van der Waals surface area (Å²) >= 11 is 0. The van der Waals surface area contributed by atoms with E-state index in [1.807, 2.05) is 13.8 Å². The van der Waals surface area contributed by atoms with Crippen molar-refractivity contribution in [3.63, 3.8) is 0 Å². The van der Waals surface area contributed by atoms with Gasteiger partial charge < -0.3 is 15.7 Å². The Morgan fingerprint density at radius 3 is 2.46 bits per heavy atom. The van der Waals surface area contributed by atoms with Crippen LogP contribution in [0, 0.1) is 5.92 Å². The van der Waals surface area contributed by atoms with Crippen LogP contribution in [0.4, 0.5) is 0 Å². The van der Waals surface area contributed by atoms with Crippen molar-refractivity contribution in [2.24, 2.45) is 5.92 Å². The number of hydrogen-bond acceptors (Lipinski definition) is 3. The Morgan fingerprint density at radius 2 is 2.08 bits per heavy atom. The number of carbonyl (C=O) groups is 1. The Labute approximate surface area is 79.7 Å². The monoisotopic (exact) mass is 188 g/mol. The van der Waals surface area contributed by atoms with Crippen molar-refractivity contribution in [2.75, 3.05) is 20.2 Å². The fourth-order valence-corrected chi connectivity index (χ4v) is 1.01. The molecular formula is C9H20N2O2. The van der Waals surface area contributed by atoms with Gasteiger partial charge >= 0.3 is 0 Å². The summed E-state index contributed by atoms with van der Waals surface area (Å²) in [4.78, 5) is 10.8. The van der Waals surface area contributed by atoms with Gasteiger partial charge in [0.1, 0.15) is 0 Å². The van der Waals surface area contributed by atoms with Crippen LogP contribution in [-0.4, -0.2) is 37.3 Å². The van der Waals surface area contributed by atoms with Crippen molar-refractivity contribution < 1.29 is 9.90 Å². The van der Waals surface area contributed by atoms with Crippen LogP contribution < -0.4 is 10.6 Å². The zero-order chi connectivity index (χ0) is 10.3. The number of amides is 1. The molecule has 0 fully saturated rings. The molecule has 0 aliphatic carbocycles. The molecule has 0 bridgehead atoms. The average Bonchev–Trinajstić information content (AvgIpc) is 2.11. The first-order valence-electron chi connectivity index (χ1n) is 4.66. The number of hydrogen-bond donors (Lipinski definition) is 3. The van der Waals surface area contributed by atoms with Gasteiger partial charge in [-0.1, -0.05) is 13.8 Å². The van der Waals surface area contributed by atoms with Crippen LogP contribution in [0.2, 0.25) is 0 Å². The average molecular weight is 188 g/mol. The summed E-state index contributed by atoms with van der Waals surface area (Å²) in [6.07, 6.45) is 0.458. The molecule has 3 N–H and O–H groups in total. The van der Waals surface area contributed by atoms with Gasteiger partial charge in [0.05, 0.1) is 6.61 Å². The number of rotatable bonds is 6. The van der Waals surface area contributed by atoms with E-state index in [0.717, 1.165) is 0 Å². The quantitative estimate of drug-likeness (QED) is 0.537. The van der Waals surface area contributed by atoms with Crippen LogP contribution in [0.5, 0.6) is 0 Å². The van der Waals surface area contributed by atoms with Gasteiger partial charge in [-0.25, -0.2) is 0 Å². The van der Waals surface area contributed by atoms with Crippen molar-refractivity contribution in [3.8, 4) is 0 Å². The Kier molecular flexibility index (Phi) is 6.54. The maximum absolute atomic E-state index is 10.8. The van der Waals surface area contributed by atoms with Gasteiger partial charge in [-0.3, -0.25) is 4.79 Å². The molecule has 0 aliphatic heterocycles. The number of aliphatic hydroxyl groups is 1. The van der Waals surface area contributed by atoms with E-state index in [1.54, 1.807) is 7.05 Å². The van der Waals surface area contributed by atoms with Gasteiger partial charge in [-0.2, -0.15) is 0 Å². The summed E-state index contributed by atoms with van der Waals surface area (Å²) in [5.74, 6) is 0.405. The summed E-state index contributed by atoms with van der Waals surface area (Å²) in [5.41, 5.74) is 0.